The molecular formula is C27H24Cl2N2O3. The van der Waals surface area contributed by atoms with E-state index in [-0.39, 0.29) is 11.0 Å². The van der Waals surface area contributed by atoms with Crippen LogP contribution in [0, 0.1) is 17.8 Å². The van der Waals surface area contributed by atoms with Crippen LogP contribution in [0.3, 0.4) is 0 Å². The molecule has 4 bridgehead atoms. The minimum Gasteiger partial charge on any atom is -0.273 e. The predicted octanol–water partition coefficient (Wildman–Crippen LogP) is 6.13. The number of barbiturate groups is 1. The summed E-state index contributed by atoms with van der Waals surface area (Å²) in [7, 11) is 0. The van der Waals surface area contributed by atoms with E-state index in [1.54, 1.807) is 18.2 Å². The molecule has 0 aromatic heterocycles. The summed E-state index contributed by atoms with van der Waals surface area (Å²) in [5.74, 6) is 1.10. The normalized spacial score (nSPS) is 31.4. The number of anilines is 1. The lowest BCUT2D eigenvalue weighted by Crippen LogP contribution is -2.54. The molecule has 0 radical (unpaired) electrons. The Hall–Kier alpha value is -2.63. The fourth-order valence-electron chi connectivity index (χ4n) is 7.09. The highest BCUT2D eigenvalue weighted by Gasteiger charge is 2.51. The van der Waals surface area contributed by atoms with Crippen LogP contribution in [0.1, 0.15) is 49.7 Å². The molecule has 174 valence electrons. The highest BCUT2D eigenvalue weighted by Crippen LogP contribution is 2.60. The van der Waals surface area contributed by atoms with Crippen LogP contribution >= 0.6 is 23.2 Å². The van der Waals surface area contributed by atoms with Gasteiger partial charge in [0.25, 0.3) is 11.8 Å². The molecule has 5 nitrogen and oxygen atoms in total. The molecule has 2 aromatic rings. The Morgan fingerprint density at radius 2 is 1.47 bits per heavy atom. The minimum atomic E-state index is -0.746. The number of carbonyl (C=O) groups is 3. The summed E-state index contributed by atoms with van der Waals surface area (Å²) < 4.78 is 0. The smallest absolute Gasteiger partial charge is 0.273 e. The van der Waals surface area contributed by atoms with Gasteiger partial charge in [0.15, 0.2) is 0 Å². The van der Waals surface area contributed by atoms with E-state index in [0.717, 1.165) is 22.7 Å². The Balaban J connectivity index is 1.29. The molecule has 4 aliphatic carbocycles. The zero-order chi connectivity index (χ0) is 23.6. The average Bonchev–Trinajstić information content (AvgIpc) is 2.78. The van der Waals surface area contributed by atoms with Gasteiger partial charge in [-0.3, -0.25) is 14.9 Å². The SMILES string of the molecule is O=C1NC(=O)N(c2ccc(C34CC5CC(CC(C5)C3)C4)cc2)C(=O)/C1=C/c1ccc(Cl)c(Cl)c1. The van der Waals surface area contributed by atoms with E-state index in [2.05, 4.69) is 17.4 Å². The number of carbonyl (C=O) groups excluding carboxylic acids is 3. The molecule has 5 fully saturated rings. The molecule has 4 amide bonds. The first kappa shape index (κ1) is 21.9. The molecule has 34 heavy (non-hydrogen) atoms. The lowest BCUT2D eigenvalue weighted by atomic mass is 9.48. The van der Waals surface area contributed by atoms with Crippen LogP contribution in [0.15, 0.2) is 48.0 Å². The van der Waals surface area contributed by atoms with Crippen molar-refractivity contribution in [3.8, 4) is 0 Å². The molecule has 0 atom stereocenters. The van der Waals surface area contributed by atoms with E-state index in [1.165, 1.54) is 50.2 Å². The number of urea groups is 1. The Morgan fingerprint density at radius 1 is 0.853 bits per heavy atom. The fraction of sp³-hybridized carbons (Fsp3) is 0.370. The molecule has 4 saturated carbocycles. The zero-order valence-corrected chi connectivity index (χ0v) is 20.0. The van der Waals surface area contributed by atoms with Crippen molar-refractivity contribution in [1.82, 2.24) is 5.32 Å². The van der Waals surface area contributed by atoms with Crippen molar-refractivity contribution in [2.24, 2.45) is 17.8 Å². The van der Waals surface area contributed by atoms with Crippen LogP contribution in [0.4, 0.5) is 10.5 Å². The van der Waals surface area contributed by atoms with E-state index in [9.17, 15) is 14.4 Å². The van der Waals surface area contributed by atoms with E-state index >= 15 is 0 Å². The molecule has 0 unspecified atom stereocenters. The largest absolute Gasteiger partial charge is 0.335 e. The maximum absolute atomic E-state index is 13.2. The predicted molar refractivity (Wildman–Crippen MR) is 132 cm³/mol. The van der Waals surface area contributed by atoms with Crippen LogP contribution in [0.2, 0.25) is 10.0 Å². The number of hydrogen-bond acceptors (Lipinski definition) is 3. The standard InChI is InChI=1S/C27H24Cl2N2O3/c28-22-6-1-15(11-23(22)29)10-21-24(32)30-26(34)31(25(21)33)20-4-2-19(3-5-20)27-12-16-7-17(13-27)9-18(8-16)14-27/h1-6,10-11,16-18H,7-9,12-14H2,(H,30,32,34)/b21-10+. The van der Waals surface area contributed by atoms with Crippen LogP contribution in [-0.2, 0) is 15.0 Å². The summed E-state index contributed by atoms with van der Waals surface area (Å²) in [5, 5.41) is 2.96. The summed E-state index contributed by atoms with van der Waals surface area (Å²) in [5.41, 5.74) is 2.39. The second-order valence-electron chi connectivity index (χ2n) is 10.4. The lowest BCUT2D eigenvalue weighted by Gasteiger charge is -2.57. The van der Waals surface area contributed by atoms with Crippen LogP contribution in [0.5, 0.6) is 0 Å². The number of rotatable bonds is 3. The van der Waals surface area contributed by atoms with Crippen molar-refractivity contribution >= 4 is 52.8 Å². The minimum absolute atomic E-state index is 0.136. The summed E-state index contributed by atoms with van der Waals surface area (Å²) in [6.45, 7) is 0. The average molecular weight is 495 g/mol. The van der Waals surface area contributed by atoms with Gasteiger partial charge in [0.05, 0.1) is 15.7 Å². The number of amides is 4. The van der Waals surface area contributed by atoms with E-state index < -0.39 is 17.8 Å². The Kier molecular flexibility index (Phi) is 5.12. The third-order valence-electron chi connectivity index (χ3n) is 8.13. The Morgan fingerprint density at radius 3 is 2.06 bits per heavy atom. The maximum Gasteiger partial charge on any atom is 0.335 e. The topological polar surface area (TPSA) is 66.5 Å². The molecular weight excluding hydrogens is 471 g/mol. The third kappa shape index (κ3) is 3.57. The number of benzene rings is 2. The van der Waals surface area contributed by atoms with E-state index in [4.69, 9.17) is 23.2 Å². The summed E-state index contributed by atoms with van der Waals surface area (Å²) in [4.78, 5) is 39.3. The molecule has 1 saturated heterocycles. The highest BCUT2D eigenvalue weighted by molar-refractivity contribution is 6.42. The van der Waals surface area contributed by atoms with Gasteiger partial charge in [0, 0.05) is 0 Å². The first-order valence-corrected chi connectivity index (χ1v) is 12.5. The van der Waals surface area contributed by atoms with Crippen molar-refractivity contribution in [2.45, 2.75) is 43.9 Å². The summed E-state index contributed by atoms with van der Waals surface area (Å²) in [6, 6.07) is 11.9. The van der Waals surface area contributed by atoms with Gasteiger partial charge < -0.3 is 0 Å². The number of imide groups is 2. The molecule has 1 aliphatic heterocycles. The zero-order valence-electron chi connectivity index (χ0n) is 18.5. The first-order chi connectivity index (χ1) is 16.3. The Bertz CT molecular complexity index is 1220. The van der Waals surface area contributed by atoms with Gasteiger partial charge in [0.1, 0.15) is 5.57 Å². The molecule has 5 aliphatic rings. The van der Waals surface area contributed by atoms with E-state index in [0.29, 0.717) is 21.3 Å². The summed E-state index contributed by atoms with van der Waals surface area (Å²) >= 11 is 12.0. The van der Waals surface area contributed by atoms with E-state index in [1.807, 2.05) is 12.1 Å². The van der Waals surface area contributed by atoms with Gasteiger partial charge in [0.2, 0.25) is 0 Å². The van der Waals surface area contributed by atoms with Crippen molar-refractivity contribution in [3.63, 3.8) is 0 Å². The first-order valence-electron chi connectivity index (χ1n) is 11.8. The second-order valence-corrected chi connectivity index (χ2v) is 11.2. The Labute approximate surface area is 208 Å². The van der Waals surface area contributed by atoms with Crippen molar-refractivity contribution in [1.29, 1.82) is 0 Å². The number of nitrogens with one attached hydrogen (secondary N) is 1. The molecule has 7 rings (SSSR count). The lowest BCUT2D eigenvalue weighted by molar-refractivity contribution is -0.122. The van der Waals surface area contributed by atoms with Crippen molar-refractivity contribution in [3.05, 3.63) is 69.2 Å². The van der Waals surface area contributed by atoms with Crippen LogP contribution in [-0.4, -0.2) is 17.8 Å². The van der Waals surface area contributed by atoms with Crippen LogP contribution < -0.4 is 10.2 Å². The second kappa shape index (κ2) is 7.96. The van der Waals surface area contributed by atoms with Crippen molar-refractivity contribution < 1.29 is 14.4 Å². The van der Waals surface area contributed by atoms with Gasteiger partial charge in [-0.1, -0.05) is 41.4 Å². The molecule has 0 spiro atoms. The molecule has 1 N–H and O–H groups in total. The number of nitrogens with zero attached hydrogens (tertiary/aromatic N) is 1. The quantitative estimate of drug-likeness (QED) is 0.412. The van der Waals surface area contributed by atoms with Crippen molar-refractivity contribution in [2.75, 3.05) is 4.90 Å². The van der Waals surface area contributed by atoms with Gasteiger partial charge in [-0.25, -0.2) is 9.69 Å². The molecule has 1 heterocycles. The van der Waals surface area contributed by atoms with Gasteiger partial charge in [-0.2, -0.15) is 0 Å². The summed E-state index contributed by atoms with van der Waals surface area (Å²) in [6.07, 6.45) is 9.28. The molecule has 2 aromatic carbocycles. The molecule has 7 heteroatoms. The highest BCUT2D eigenvalue weighted by atomic mass is 35.5. The number of hydrogen-bond donors (Lipinski definition) is 1. The number of halogens is 2. The maximum atomic E-state index is 13.2. The van der Waals surface area contributed by atoms with Gasteiger partial charge in [-0.05, 0) is 103 Å². The fourth-order valence-corrected chi connectivity index (χ4v) is 7.40. The van der Waals surface area contributed by atoms with Gasteiger partial charge >= 0.3 is 6.03 Å². The monoisotopic (exact) mass is 494 g/mol. The van der Waals surface area contributed by atoms with Crippen LogP contribution in [0.25, 0.3) is 6.08 Å². The third-order valence-corrected chi connectivity index (χ3v) is 8.87. The van der Waals surface area contributed by atoms with Gasteiger partial charge in [-0.15, -0.1) is 0 Å².